The summed E-state index contributed by atoms with van der Waals surface area (Å²) in [6, 6.07) is 10.6. The van der Waals surface area contributed by atoms with E-state index in [2.05, 4.69) is 0 Å². The summed E-state index contributed by atoms with van der Waals surface area (Å²) < 4.78 is 12.0. The number of likely N-dealkylation sites (N-methyl/N-ethyl adjacent to an activating group) is 1. The quantitative estimate of drug-likeness (QED) is 0.259. The molecule has 2 aromatic carbocycles. The van der Waals surface area contributed by atoms with E-state index in [-0.39, 0.29) is 5.91 Å². The Bertz CT molecular complexity index is 981. The van der Waals surface area contributed by atoms with Crippen LogP contribution in [0.1, 0.15) is 12.0 Å². The van der Waals surface area contributed by atoms with Crippen molar-refractivity contribution in [1.82, 2.24) is 4.90 Å². The van der Waals surface area contributed by atoms with Crippen molar-refractivity contribution in [3.05, 3.63) is 61.9 Å². The van der Waals surface area contributed by atoms with E-state index in [0.29, 0.717) is 61.0 Å². The van der Waals surface area contributed by atoms with Crippen LogP contribution in [-0.4, -0.2) is 35.4 Å². The summed E-state index contributed by atoms with van der Waals surface area (Å²) in [6.07, 6.45) is 2.30. The zero-order chi connectivity index (χ0) is 21.0. The van der Waals surface area contributed by atoms with Gasteiger partial charge in [-0.3, -0.25) is 9.69 Å². The lowest BCUT2D eigenvalue weighted by molar-refractivity contribution is -0.121. The largest absolute Gasteiger partial charge is 0.492 e. The molecule has 0 N–H and O–H groups in total. The minimum atomic E-state index is -0.171. The second-order valence-electron chi connectivity index (χ2n) is 6.03. The highest BCUT2D eigenvalue weighted by molar-refractivity contribution is 8.26. The SMILES string of the molecule is CN1C(=O)C(=Cc2cc(Cl)cc(Cl)c2OCCCOc2ccccc2Cl)SC1=S. The monoisotopic (exact) mass is 487 g/mol. The molecule has 1 amide bonds. The van der Waals surface area contributed by atoms with Crippen molar-refractivity contribution in [2.24, 2.45) is 0 Å². The first-order valence-corrected chi connectivity index (χ1v) is 10.9. The second-order valence-corrected chi connectivity index (χ2v) is 8.95. The summed E-state index contributed by atoms with van der Waals surface area (Å²) in [6.45, 7) is 0.792. The van der Waals surface area contributed by atoms with Crippen LogP contribution in [0, 0.1) is 0 Å². The van der Waals surface area contributed by atoms with Crippen LogP contribution in [0.15, 0.2) is 41.3 Å². The van der Waals surface area contributed by atoms with E-state index in [1.54, 1.807) is 37.4 Å². The molecule has 1 aliphatic heterocycles. The van der Waals surface area contributed by atoms with Crippen molar-refractivity contribution in [3.63, 3.8) is 0 Å². The van der Waals surface area contributed by atoms with Gasteiger partial charge in [-0.05, 0) is 30.3 Å². The van der Waals surface area contributed by atoms with Crippen molar-refractivity contribution in [2.75, 3.05) is 20.3 Å². The van der Waals surface area contributed by atoms with Crippen molar-refractivity contribution < 1.29 is 14.3 Å². The Morgan fingerprint density at radius 1 is 1.10 bits per heavy atom. The third-order valence-corrected chi connectivity index (χ3v) is 6.24. The van der Waals surface area contributed by atoms with Crippen LogP contribution < -0.4 is 9.47 Å². The zero-order valence-electron chi connectivity index (χ0n) is 15.3. The summed E-state index contributed by atoms with van der Waals surface area (Å²) in [5.41, 5.74) is 0.614. The van der Waals surface area contributed by atoms with Gasteiger partial charge in [0, 0.05) is 24.1 Å². The molecule has 2 aromatic rings. The number of amides is 1. The van der Waals surface area contributed by atoms with E-state index >= 15 is 0 Å². The van der Waals surface area contributed by atoms with Gasteiger partial charge in [0.2, 0.25) is 0 Å². The van der Waals surface area contributed by atoms with Gasteiger partial charge in [-0.1, -0.05) is 70.9 Å². The van der Waals surface area contributed by atoms with E-state index in [9.17, 15) is 4.79 Å². The van der Waals surface area contributed by atoms with E-state index in [1.165, 1.54) is 16.7 Å². The lowest BCUT2D eigenvalue weighted by atomic mass is 10.1. The standard InChI is InChI=1S/C20H16Cl3NO3S2/c1-24-19(25)17(29-20(24)28)10-12-9-13(21)11-15(23)18(12)27-8-4-7-26-16-6-3-2-5-14(16)22/h2-3,5-6,9-11H,4,7-8H2,1H3. The van der Waals surface area contributed by atoms with Gasteiger partial charge in [0.25, 0.3) is 5.91 Å². The van der Waals surface area contributed by atoms with Gasteiger partial charge in [0.1, 0.15) is 15.8 Å². The summed E-state index contributed by atoms with van der Waals surface area (Å²) in [7, 11) is 1.64. The molecule has 0 radical (unpaired) electrons. The first-order valence-electron chi connectivity index (χ1n) is 8.57. The van der Waals surface area contributed by atoms with Gasteiger partial charge in [0.15, 0.2) is 0 Å². The maximum atomic E-state index is 12.3. The number of hydrogen-bond acceptors (Lipinski definition) is 5. The molecular formula is C20H16Cl3NO3S2. The van der Waals surface area contributed by atoms with E-state index in [1.807, 2.05) is 12.1 Å². The molecule has 0 spiro atoms. The number of para-hydroxylation sites is 1. The Hall–Kier alpha value is -1.44. The van der Waals surface area contributed by atoms with E-state index < -0.39 is 0 Å². The predicted molar refractivity (Wildman–Crippen MR) is 124 cm³/mol. The number of carbonyl (C=O) groups excluding carboxylic acids is 1. The number of carbonyl (C=O) groups is 1. The normalized spacial score (nSPS) is 15.3. The maximum Gasteiger partial charge on any atom is 0.265 e. The van der Waals surface area contributed by atoms with Gasteiger partial charge in [0.05, 0.1) is 28.2 Å². The molecule has 152 valence electrons. The van der Waals surface area contributed by atoms with Crippen LogP contribution in [0.2, 0.25) is 15.1 Å². The van der Waals surface area contributed by atoms with Gasteiger partial charge in [-0.25, -0.2) is 0 Å². The molecule has 1 heterocycles. The minimum absolute atomic E-state index is 0.171. The maximum absolute atomic E-state index is 12.3. The zero-order valence-corrected chi connectivity index (χ0v) is 19.2. The van der Waals surface area contributed by atoms with Crippen LogP contribution in [0.5, 0.6) is 11.5 Å². The van der Waals surface area contributed by atoms with Gasteiger partial charge in [-0.2, -0.15) is 0 Å². The number of ether oxygens (including phenoxy) is 2. The topological polar surface area (TPSA) is 38.8 Å². The first kappa shape index (κ1) is 22.2. The van der Waals surface area contributed by atoms with Crippen molar-refractivity contribution in [2.45, 2.75) is 6.42 Å². The lowest BCUT2D eigenvalue weighted by Crippen LogP contribution is -2.22. The second kappa shape index (κ2) is 10.0. The highest BCUT2D eigenvalue weighted by atomic mass is 35.5. The highest BCUT2D eigenvalue weighted by Gasteiger charge is 2.29. The fraction of sp³-hybridized carbons (Fsp3) is 0.200. The average Bonchev–Trinajstić information content (AvgIpc) is 2.91. The first-order chi connectivity index (χ1) is 13.9. The fourth-order valence-electron chi connectivity index (χ4n) is 2.50. The Kier molecular flexibility index (Phi) is 7.71. The predicted octanol–water partition coefficient (Wildman–Crippen LogP) is 6.33. The van der Waals surface area contributed by atoms with Gasteiger partial charge < -0.3 is 9.47 Å². The molecule has 0 unspecified atom stereocenters. The smallest absolute Gasteiger partial charge is 0.265 e. The van der Waals surface area contributed by atoms with Gasteiger partial charge >= 0.3 is 0 Å². The molecule has 4 nitrogen and oxygen atoms in total. The summed E-state index contributed by atoms with van der Waals surface area (Å²) in [4.78, 5) is 14.2. The molecule has 0 atom stereocenters. The third kappa shape index (κ3) is 5.58. The van der Waals surface area contributed by atoms with E-state index in [4.69, 9.17) is 56.5 Å². The number of thioether (sulfide) groups is 1. The van der Waals surface area contributed by atoms with Crippen LogP contribution in [-0.2, 0) is 4.79 Å². The van der Waals surface area contributed by atoms with Crippen molar-refractivity contribution in [1.29, 1.82) is 0 Å². The average molecular weight is 489 g/mol. The van der Waals surface area contributed by atoms with Crippen LogP contribution in [0.3, 0.4) is 0 Å². The number of rotatable bonds is 7. The molecule has 1 aliphatic rings. The molecule has 0 saturated carbocycles. The Morgan fingerprint density at radius 2 is 1.83 bits per heavy atom. The summed E-state index contributed by atoms with van der Waals surface area (Å²) in [5, 5.41) is 1.37. The molecule has 1 fully saturated rings. The molecular weight excluding hydrogens is 473 g/mol. The third-order valence-electron chi connectivity index (χ3n) is 3.94. The van der Waals surface area contributed by atoms with Crippen molar-refractivity contribution >= 4 is 75.1 Å². The van der Waals surface area contributed by atoms with Crippen molar-refractivity contribution in [3.8, 4) is 11.5 Å². The molecule has 0 bridgehead atoms. The number of thiocarbonyl (C=S) groups is 1. The molecule has 29 heavy (non-hydrogen) atoms. The Balaban J connectivity index is 1.67. The molecule has 3 rings (SSSR count). The molecule has 9 heteroatoms. The Labute approximate surface area is 193 Å². The van der Waals surface area contributed by atoms with Crippen LogP contribution in [0.25, 0.3) is 6.08 Å². The van der Waals surface area contributed by atoms with E-state index in [0.717, 1.165) is 0 Å². The summed E-state index contributed by atoms with van der Waals surface area (Å²) >= 11 is 24.9. The number of nitrogens with zero attached hydrogens (tertiary/aromatic N) is 1. The lowest BCUT2D eigenvalue weighted by Gasteiger charge is -2.13. The molecule has 0 aliphatic carbocycles. The molecule has 0 aromatic heterocycles. The Morgan fingerprint density at radius 3 is 2.52 bits per heavy atom. The number of benzene rings is 2. The summed E-state index contributed by atoms with van der Waals surface area (Å²) in [5.74, 6) is 0.909. The minimum Gasteiger partial charge on any atom is -0.492 e. The molecule has 1 saturated heterocycles. The highest BCUT2D eigenvalue weighted by Crippen LogP contribution is 2.37. The number of halogens is 3. The van der Waals surface area contributed by atoms with Crippen LogP contribution in [0.4, 0.5) is 0 Å². The van der Waals surface area contributed by atoms with Gasteiger partial charge in [-0.15, -0.1) is 0 Å². The van der Waals surface area contributed by atoms with Crippen LogP contribution >= 0.6 is 58.8 Å². The number of hydrogen-bond donors (Lipinski definition) is 0. The fourth-order valence-corrected chi connectivity index (χ4v) is 4.43.